The average molecular weight is 218 g/mol. The highest BCUT2D eigenvalue weighted by Crippen LogP contribution is 2.32. The number of hydrogen-bond donors (Lipinski definition) is 2. The van der Waals surface area contributed by atoms with Gasteiger partial charge < -0.3 is 10.6 Å². The van der Waals surface area contributed by atoms with E-state index in [1.807, 2.05) is 30.3 Å². The summed E-state index contributed by atoms with van der Waals surface area (Å²) in [4.78, 5) is 11.6. The molecule has 16 heavy (non-hydrogen) atoms. The van der Waals surface area contributed by atoms with Crippen LogP contribution in [0.4, 0.5) is 5.69 Å². The molecule has 3 heteroatoms. The van der Waals surface area contributed by atoms with Gasteiger partial charge >= 0.3 is 0 Å². The van der Waals surface area contributed by atoms with E-state index in [-0.39, 0.29) is 5.91 Å². The Morgan fingerprint density at radius 3 is 2.69 bits per heavy atom. The molecule has 0 aromatic heterocycles. The van der Waals surface area contributed by atoms with Gasteiger partial charge in [-0.3, -0.25) is 4.79 Å². The molecular formula is C13H18N2O. The predicted octanol–water partition coefficient (Wildman–Crippen LogP) is 2.01. The first-order chi connectivity index (χ1) is 7.75. The Labute approximate surface area is 96.2 Å². The number of nitrogens with one attached hydrogen (secondary N) is 2. The highest BCUT2D eigenvalue weighted by atomic mass is 16.1. The Balaban J connectivity index is 1.71. The Hall–Kier alpha value is -1.51. The van der Waals surface area contributed by atoms with Gasteiger partial charge in [0.25, 0.3) is 0 Å². The summed E-state index contributed by atoms with van der Waals surface area (Å²) in [7, 11) is 0. The maximum atomic E-state index is 11.6. The molecule has 1 amide bonds. The molecule has 3 nitrogen and oxygen atoms in total. The van der Waals surface area contributed by atoms with E-state index >= 15 is 0 Å². The molecule has 2 N–H and O–H groups in total. The highest BCUT2D eigenvalue weighted by molar-refractivity contribution is 5.80. The predicted molar refractivity (Wildman–Crippen MR) is 65.3 cm³/mol. The molecule has 1 aliphatic rings. The molecule has 0 aliphatic heterocycles. The van der Waals surface area contributed by atoms with Gasteiger partial charge in [-0.2, -0.15) is 0 Å². The van der Waals surface area contributed by atoms with Gasteiger partial charge in [0.1, 0.15) is 0 Å². The summed E-state index contributed by atoms with van der Waals surface area (Å²) in [6.07, 6.45) is 2.52. The normalized spacial score (nSPS) is 16.6. The zero-order valence-corrected chi connectivity index (χ0v) is 9.57. The molecule has 1 saturated carbocycles. The summed E-state index contributed by atoms with van der Waals surface area (Å²) in [5, 5.41) is 6.11. The maximum Gasteiger partial charge on any atom is 0.239 e. The van der Waals surface area contributed by atoms with Crippen molar-refractivity contribution in [2.75, 3.05) is 11.9 Å². The molecule has 2 rings (SSSR count). The fraction of sp³-hybridized carbons (Fsp3) is 0.462. The lowest BCUT2D eigenvalue weighted by Gasteiger charge is -2.13. The number of hydrogen-bond acceptors (Lipinski definition) is 2. The number of amides is 1. The van der Waals surface area contributed by atoms with Gasteiger partial charge in [-0.25, -0.2) is 0 Å². The van der Waals surface area contributed by atoms with Crippen LogP contribution in [-0.2, 0) is 4.79 Å². The molecule has 1 aliphatic carbocycles. The summed E-state index contributed by atoms with van der Waals surface area (Å²) < 4.78 is 0. The summed E-state index contributed by atoms with van der Waals surface area (Å²) in [6, 6.07) is 10.1. The van der Waals surface area contributed by atoms with Crippen molar-refractivity contribution in [3.05, 3.63) is 30.3 Å². The van der Waals surface area contributed by atoms with Crippen LogP contribution < -0.4 is 10.6 Å². The van der Waals surface area contributed by atoms with Crippen LogP contribution >= 0.6 is 0 Å². The second-order valence-electron chi connectivity index (χ2n) is 4.41. The number of para-hydroxylation sites is 1. The molecule has 1 unspecified atom stereocenters. The van der Waals surface area contributed by atoms with Crippen LogP contribution in [0.1, 0.15) is 19.8 Å². The third-order valence-electron chi connectivity index (χ3n) is 2.94. The molecule has 1 atom stereocenters. The highest BCUT2D eigenvalue weighted by Gasteiger charge is 2.28. The summed E-state index contributed by atoms with van der Waals surface area (Å²) in [6.45, 7) is 2.43. The lowest BCUT2D eigenvalue weighted by Crippen LogP contribution is -2.37. The Morgan fingerprint density at radius 1 is 1.38 bits per heavy atom. The minimum absolute atomic E-state index is 0.0725. The van der Waals surface area contributed by atoms with Crippen molar-refractivity contribution in [3.8, 4) is 0 Å². The van der Waals surface area contributed by atoms with Crippen molar-refractivity contribution < 1.29 is 4.79 Å². The fourth-order valence-corrected chi connectivity index (χ4v) is 1.76. The van der Waals surface area contributed by atoms with Gasteiger partial charge in [0, 0.05) is 11.7 Å². The molecule has 0 saturated heterocycles. The molecule has 0 spiro atoms. The maximum absolute atomic E-state index is 11.6. The van der Waals surface area contributed by atoms with E-state index in [4.69, 9.17) is 0 Å². The third kappa shape index (κ3) is 3.26. The van der Waals surface area contributed by atoms with Crippen LogP contribution in [-0.4, -0.2) is 18.5 Å². The van der Waals surface area contributed by atoms with Crippen LogP contribution in [0.5, 0.6) is 0 Å². The smallest absolute Gasteiger partial charge is 0.239 e. The van der Waals surface area contributed by atoms with Gasteiger partial charge in [0.15, 0.2) is 0 Å². The van der Waals surface area contributed by atoms with E-state index in [9.17, 15) is 4.79 Å². The number of rotatable bonds is 5. The van der Waals surface area contributed by atoms with E-state index in [0.29, 0.717) is 18.5 Å². The molecule has 1 fully saturated rings. The third-order valence-corrected chi connectivity index (χ3v) is 2.94. The van der Waals surface area contributed by atoms with Crippen molar-refractivity contribution >= 4 is 11.6 Å². The molecule has 0 heterocycles. The van der Waals surface area contributed by atoms with Crippen molar-refractivity contribution in [2.24, 2.45) is 5.92 Å². The molecule has 86 valence electrons. The van der Waals surface area contributed by atoms with E-state index < -0.39 is 0 Å². The monoisotopic (exact) mass is 218 g/mol. The molecular weight excluding hydrogens is 200 g/mol. The zero-order chi connectivity index (χ0) is 11.4. The van der Waals surface area contributed by atoms with E-state index in [2.05, 4.69) is 17.6 Å². The first kappa shape index (κ1) is 11.0. The fourth-order valence-electron chi connectivity index (χ4n) is 1.76. The van der Waals surface area contributed by atoms with Gasteiger partial charge in [-0.1, -0.05) is 18.2 Å². The summed E-state index contributed by atoms with van der Waals surface area (Å²) in [5.41, 5.74) is 0.983. The van der Waals surface area contributed by atoms with E-state index in [0.717, 1.165) is 5.69 Å². The van der Waals surface area contributed by atoms with Crippen LogP contribution in [0.3, 0.4) is 0 Å². The second-order valence-corrected chi connectivity index (χ2v) is 4.41. The largest absolute Gasteiger partial charge is 0.376 e. The average Bonchev–Trinajstić information content (AvgIpc) is 3.11. The first-order valence-electron chi connectivity index (χ1n) is 5.84. The minimum Gasteiger partial charge on any atom is -0.376 e. The van der Waals surface area contributed by atoms with Gasteiger partial charge in [-0.15, -0.1) is 0 Å². The Morgan fingerprint density at radius 2 is 2.06 bits per heavy atom. The Kier molecular flexibility index (Phi) is 3.44. The van der Waals surface area contributed by atoms with Gasteiger partial charge in [0.05, 0.1) is 6.54 Å². The van der Waals surface area contributed by atoms with Crippen LogP contribution in [0.25, 0.3) is 0 Å². The van der Waals surface area contributed by atoms with E-state index in [1.165, 1.54) is 12.8 Å². The van der Waals surface area contributed by atoms with Crippen LogP contribution in [0, 0.1) is 5.92 Å². The van der Waals surface area contributed by atoms with E-state index in [1.54, 1.807) is 0 Å². The number of benzene rings is 1. The second kappa shape index (κ2) is 5.01. The van der Waals surface area contributed by atoms with Gasteiger partial charge in [0.2, 0.25) is 5.91 Å². The minimum atomic E-state index is 0.0725. The quantitative estimate of drug-likeness (QED) is 0.793. The van der Waals surface area contributed by atoms with Crippen molar-refractivity contribution in [1.29, 1.82) is 0 Å². The Bertz CT molecular complexity index is 346. The van der Waals surface area contributed by atoms with Crippen molar-refractivity contribution in [3.63, 3.8) is 0 Å². The molecule has 1 aromatic carbocycles. The molecule has 0 radical (unpaired) electrons. The lowest BCUT2D eigenvalue weighted by atomic mass is 10.2. The number of carbonyl (C=O) groups is 1. The molecule has 1 aromatic rings. The SMILES string of the molecule is CC(NC(=O)CNc1ccccc1)C1CC1. The summed E-state index contributed by atoms with van der Waals surface area (Å²) in [5.74, 6) is 0.781. The zero-order valence-electron chi connectivity index (χ0n) is 9.57. The van der Waals surface area contributed by atoms with Gasteiger partial charge in [-0.05, 0) is 37.8 Å². The first-order valence-corrected chi connectivity index (χ1v) is 5.84. The van der Waals surface area contributed by atoms with Crippen LogP contribution in [0.2, 0.25) is 0 Å². The number of carbonyl (C=O) groups excluding carboxylic acids is 1. The molecule has 0 bridgehead atoms. The number of anilines is 1. The van der Waals surface area contributed by atoms with Crippen molar-refractivity contribution in [1.82, 2.24) is 5.32 Å². The topological polar surface area (TPSA) is 41.1 Å². The standard InChI is InChI=1S/C13H18N2O/c1-10(11-7-8-11)15-13(16)9-14-12-5-3-2-4-6-12/h2-6,10-11,14H,7-9H2,1H3,(H,15,16). The van der Waals surface area contributed by atoms with Crippen LogP contribution in [0.15, 0.2) is 30.3 Å². The lowest BCUT2D eigenvalue weighted by molar-refractivity contribution is -0.120. The van der Waals surface area contributed by atoms with Crippen molar-refractivity contribution in [2.45, 2.75) is 25.8 Å². The summed E-state index contributed by atoms with van der Waals surface area (Å²) >= 11 is 0.